The van der Waals surface area contributed by atoms with Gasteiger partial charge in [-0.1, -0.05) is 48.9 Å². The Kier molecular flexibility index (Phi) is 3.58. The second-order valence-corrected chi connectivity index (χ2v) is 5.73. The Balaban J connectivity index is 1.83. The highest BCUT2D eigenvalue weighted by Gasteiger charge is 2.44. The molecule has 1 aliphatic carbocycles. The molecule has 0 bridgehead atoms. The van der Waals surface area contributed by atoms with Crippen molar-refractivity contribution >= 4 is 0 Å². The molecule has 20 heavy (non-hydrogen) atoms. The van der Waals surface area contributed by atoms with Crippen LogP contribution in [0.3, 0.4) is 0 Å². The Morgan fingerprint density at radius 2 is 1.80 bits per heavy atom. The Hall–Kier alpha value is -1.67. The Morgan fingerprint density at radius 1 is 1.05 bits per heavy atom. The van der Waals surface area contributed by atoms with Gasteiger partial charge in [0.2, 0.25) is 0 Å². The van der Waals surface area contributed by atoms with Gasteiger partial charge in [0.05, 0.1) is 6.10 Å². The highest BCUT2D eigenvalue weighted by Crippen LogP contribution is 2.47. The van der Waals surface area contributed by atoms with Gasteiger partial charge in [-0.3, -0.25) is 0 Å². The van der Waals surface area contributed by atoms with Crippen molar-refractivity contribution in [3.05, 3.63) is 71.5 Å². The van der Waals surface area contributed by atoms with E-state index in [0.29, 0.717) is 6.42 Å². The predicted octanol–water partition coefficient (Wildman–Crippen LogP) is 3.85. The minimum atomic E-state index is -0.458. The molecular formula is C18H19FO. The van der Waals surface area contributed by atoms with E-state index < -0.39 is 6.10 Å². The van der Waals surface area contributed by atoms with E-state index in [1.54, 1.807) is 6.07 Å². The fraction of sp³-hybridized carbons (Fsp3) is 0.333. The zero-order chi connectivity index (χ0) is 14.0. The van der Waals surface area contributed by atoms with Crippen molar-refractivity contribution < 1.29 is 9.50 Å². The molecule has 0 amide bonds. The van der Waals surface area contributed by atoms with Crippen LogP contribution in [0.25, 0.3) is 0 Å². The van der Waals surface area contributed by atoms with Crippen LogP contribution in [0.4, 0.5) is 4.39 Å². The lowest BCUT2D eigenvalue weighted by atomic mass is 9.60. The van der Waals surface area contributed by atoms with Gasteiger partial charge in [0.1, 0.15) is 5.82 Å². The van der Waals surface area contributed by atoms with Crippen molar-refractivity contribution in [3.63, 3.8) is 0 Å². The third-order valence-electron chi connectivity index (χ3n) is 4.55. The standard InChI is InChI=1S/C18H19FO/c19-16-9-4-6-14(12-16)13-17(20)18(10-5-11-18)15-7-2-1-3-8-15/h1-4,6-9,12,17,20H,5,10-11,13H2. The molecule has 1 nitrogen and oxygen atoms in total. The van der Waals surface area contributed by atoms with Crippen LogP contribution in [-0.4, -0.2) is 11.2 Å². The molecule has 1 fully saturated rings. The van der Waals surface area contributed by atoms with Crippen molar-refractivity contribution in [2.24, 2.45) is 0 Å². The maximum absolute atomic E-state index is 13.3. The summed E-state index contributed by atoms with van der Waals surface area (Å²) in [4.78, 5) is 0. The summed E-state index contributed by atoms with van der Waals surface area (Å²) in [6, 6.07) is 16.7. The number of hydrogen-bond acceptors (Lipinski definition) is 1. The SMILES string of the molecule is OC(Cc1cccc(F)c1)C1(c2ccccc2)CCC1. The molecule has 1 N–H and O–H groups in total. The molecule has 2 heteroatoms. The van der Waals surface area contributed by atoms with E-state index in [4.69, 9.17) is 0 Å². The molecule has 0 aliphatic heterocycles. The van der Waals surface area contributed by atoms with Gasteiger partial charge in [0.25, 0.3) is 0 Å². The van der Waals surface area contributed by atoms with Crippen molar-refractivity contribution in [2.75, 3.05) is 0 Å². The first-order chi connectivity index (χ1) is 9.71. The summed E-state index contributed by atoms with van der Waals surface area (Å²) < 4.78 is 13.3. The smallest absolute Gasteiger partial charge is 0.123 e. The van der Waals surface area contributed by atoms with E-state index in [1.807, 2.05) is 24.3 Å². The summed E-state index contributed by atoms with van der Waals surface area (Å²) in [5.74, 6) is -0.239. The third kappa shape index (κ3) is 2.36. The van der Waals surface area contributed by atoms with Crippen LogP contribution >= 0.6 is 0 Å². The summed E-state index contributed by atoms with van der Waals surface area (Å²) >= 11 is 0. The average molecular weight is 270 g/mol. The number of aliphatic hydroxyl groups is 1. The first kappa shape index (κ1) is 13.3. The number of halogens is 1. The molecule has 1 atom stereocenters. The minimum absolute atomic E-state index is 0.145. The third-order valence-corrected chi connectivity index (χ3v) is 4.55. The van der Waals surface area contributed by atoms with Gasteiger partial charge in [-0.15, -0.1) is 0 Å². The van der Waals surface area contributed by atoms with E-state index in [9.17, 15) is 9.50 Å². The monoisotopic (exact) mass is 270 g/mol. The fourth-order valence-corrected chi connectivity index (χ4v) is 3.22. The maximum atomic E-state index is 13.3. The largest absolute Gasteiger partial charge is 0.392 e. The average Bonchev–Trinajstić information content (AvgIpc) is 2.38. The molecule has 2 aromatic rings. The van der Waals surface area contributed by atoms with Crippen LogP contribution in [0.15, 0.2) is 54.6 Å². The molecule has 0 spiro atoms. The molecule has 1 saturated carbocycles. The minimum Gasteiger partial charge on any atom is -0.392 e. The Morgan fingerprint density at radius 3 is 2.40 bits per heavy atom. The van der Waals surface area contributed by atoms with Crippen LogP contribution in [-0.2, 0) is 11.8 Å². The zero-order valence-electron chi connectivity index (χ0n) is 11.4. The van der Waals surface area contributed by atoms with Crippen LogP contribution < -0.4 is 0 Å². The van der Waals surface area contributed by atoms with E-state index in [1.165, 1.54) is 17.7 Å². The lowest BCUT2D eigenvalue weighted by Crippen LogP contribution is -2.46. The van der Waals surface area contributed by atoms with Crippen LogP contribution in [0.2, 0.25) is 0 Å². The first-order valence-electron chi connectivity index (χ1n) is 7.19. The first-order valence-corrected chi connectivity index (χ1v) is 7.19. The van der Waals surface area contributed by atoms with Gasteiger partial charge in [0, 0.05) is 5.41 Å². The summed E-state index contributed by atoms with van der Waals surface area (Å²) in [5.41, 5.74) is 1.92. The number of rotatable bonds is 4. The molecular weight excluding hydrogens is 251 g/mol. The van der Waals surface area contributed by atoms with Gasteiger partial charge < -0.3 is 5.11 Å². The quantitative estimate of drug-likeness (QED) is 0.894. The molecule has 1 aliphatic rings. The van der Waals surface area contributed by atoms with E-state index in [2.05, 4.69) is 12.1 Å². The molecule has 0 aromatic heterocycles. The lowest BCUT2D eigenvalue weighted by molar-refractivity contribution is 0.0285. The van der Waals surface area contributed by atoms with Crippen molar-refractivity contribution in [1.82, 2.24) is 0 Å². The molecule has 1 unspecified atom stereocenters. The Labute approximate surface area is 119 Å². The molecule has 2 aromatic carbocycles. The topological polar surface area (TPSA) is 20.2 Å². The van der Waals surface area contributed by atoms with Crippen LogP contribution in [0.1, 0.15) is 30.4 Å². The van der Waals surface area contributed by atoms with Crippen LogP contribution in [0.5, 0.6) is 0 Å². The van der Waals surface area contributed by atoms with Crippen molar-refractivity contribution in [3.8, 4) is 0 Å². The normalized spacial score (nSPS) is 18.3. The van der Waals surface area contributed by atoms with E-state index in [-0.39, 0.29) is 11.2 Å². The predicted molar refractivity (Wildman–Crippen MR) is 78.1 cm³/mol. The van der Waals surface area contributed by atoms with E-state index in [0.717, 1.165) is 24.8 Å². The van der Waals surface area contributed by atoms with Crippen LogP contribution in [0, 0.1) is 5.82 Å². The van der Waals surface area contributed by atoms with Gasteiger partial charge in [0.15, 0.2) is 0 Å². The molecule has 0 heterocycles. The van der Waals surface area contributed by atoms with Gasteiger partial charge in [-0.2, -0.15) is 0 Å². The highest BCUT2D eigenvalue weighted by atomic mass is 19.1. The molecule has 104 valence electrons. The second kappa shape index (κ2) is 5.37. The van der Waals surface area contributed by atoms with Gasteiger partial charge >= 0.3 is 0 Å². The molecule has 0 saturated heterocycles. The molecule has 3 rings (SSSR count). The number of aliphatic hydroxyl groups excluding tert-OH is 1. The van der Waals surface area contributed by atoms with Gasteiger partial charge in [-0.05, 0) is 42.5 Å². The van der Waals surface area contributed by atoms with Crippen molar-refractivity contribution in [2.45, 2.75) is 37.2 Å². The zero-order valence-corrected chi connectivity index (χ0v) is 11.4. The van der Waals surface area contributed by atoms with Crippen molar-refractivity contribution in [1.29, 1.82) is 0 Å². The van der Waals surface area contributed by atoms with Gasteiger partial charge in [-0.25, -0.2) is 4.39 Å². The summed E-state index contributed by atoms with van der Waals surface area (Å²) in [5, 5.41) is 10.7. The number of benzene rings is 2. The second-order valence-electron chi connectivity index (χ2n) is 5.73. The maximum Gasteiger partial charge on any atom is 0.123 e. The fourth-order valence-electron chi connectivity index (χ4n) is 3.22. The summed E-state index contributed by atoms with van der Waals surface area (Å²) in [6.45, 7) is 0. The molecule has 0 radical (unpaired) electrons. The Bertz CT molecular complexity index is 575. The van der Waals surface area contributed by atoms with E-state index >= 15 is 0 Å². The summed E-state index contributed by atoms with van der Waals surface area (Å²) in [7, 11) is 0. The lowest BCUT2D eigenvalue weighted by Gasteiger charge is -2.46. The number of hydrogen-bond donors (Lipinski definition) is 1. The highest BCUT2D eigenvalue weighted by molar-refractivity contribution is 5.31. The summed E-state index contributed by atoms with van der Waals surface area (Å²) in [6.07, 6.45) is 3.21.